The van der Waals surface area contributed by atoms with Crippen LogP contribution in [0.1, 0.15) is 63.2 Å². The smallest absolute Gasteiger partial charge is 0.243 e. The van der Waals surface area contributed by atoms with Crippen LogP contribution in [0.2, 0.25) is 0 Å². The van der Waals surface area contributed by atoms with Crippen molar-refractivity contribution in [2.24, 2.45) is 5.92 Å². The Morgan fingerprint density at radius 3 is 2.47 bits per heavy atom. The van der Waals surface area contributed by atoms with Crippen LogP contribution >= 0.6 is 0 Å². The van der Waals surface area contributed by atoms with Crippen LogP contribution in [0.25, 0.3) is 0 Å². The summed E-state index contributed by atoms with van der Waals surface area (Å²) in [6, 6.07) is 0.190. The number of nitrogens with zero attached hydrogens (tertiary/aromatic N) is 3. The molecule has 0 spiro atoms. The summed E-state index contributed by atoms with van der Waals surface area (Å²) in [6.07, 6.45) is 4.31. The fourth-order valence-electron chi connectivity index (χ4n) is 2.87. The minimum absolute atomic E-state index is 0.190. The highest BCUT2D eigenvalue weighted by atomic mass is 16.5. The predicted molar refractivity (Wildman–Crippen MR) is 70.7 cm³/mol. The number of piperidine rings is 1. The molecule has 2 aliphatic rings. The van der Waals surface area contributed by atoms with Crippen molar-refractivity contribution in [3.63, 3.8) is 0 Å². The highest BCUT2D eigenvalue weighted by molar-refractivity contribution is 5.04. The van der Waals surface area contributed by atoms with E-state index in [9.17, 15) is 5.11 Å². The number of hydrogen-bond donors (Lipinski definition) is 1. The number of aliphatic hydroxyl groups excluding tert-OH is 1. The zero-order valence-corrected chi connectivity index (χ0v) is 11.7. The molecule has 1 aliphatic carbocycles. The van der Waals surface area contributed by atoms with Crippen molar-refractivity contribution in [2.45, 2.75) is 57.6 Å². The minimum atomic E-state index is -0.192. The van der Waals surface area contributed by atoms with Gasteiger partial charge in [-0.25, -0.2) is 0 Å². The molecule has 1 N–H and O–H groups in total. The monoisotopic (exact) mass is 265 g/mol. The highest BCUT2D eigenvalue weighted by Gasteiger charge is 2.32. The Labute approximate surface area is 114 Å². The topological polar surface area (TPSA) is 62.4 Å². The summed E-state index contributed by atoms with van der Waals surface area (Å²) in [4.78, 5) is 6.91. The number of aliphatic hydroxyl groups is 1. The molecule has 0 radical (unpaired) electrons. The van der Waals surface area contributed by atoms with Gasteiger partial charge in [-0.05, 0) is 58.5 Å². The van der Waals surface area contributed by atoms with E-state index in [0.29, 0.717) is 11.8 Å². The van der Waals surface area contributed by atoms with E-state index in [4.69, 9.17) is 4.52 Å². The zero-order valence-electron chi connectivity index (χ0n) is 11.7. The van der Waals surface area contributed by atoms with Crippen molar-refractivity contribution >= 4 is 0 Å². The zero-order chi connectivity index (χ0) is 13.4. The van der Waals surface area contributed by atoms with Crippen molar-refractivity contribution in [1.82, 2.24) is 15.0 Å². The Hall–Kier alpha value is -0.940. The Morgan fingerprint density at radius 2 is 1.89 bits per heavy atom. The number of rotatable bonds is 4. The van der Waals surface area contributed by atoms with Gasteiger partial charge in [0.1, 0.15) is 0 Å². The van der Waals surface area contributed by atoms with E-state index in [1.54, 1.807) is 0 Å². The minimum Gasteiger partial charge on any atom is -0.393 e. The first kappa shape index (κ1) is 13.1. The van der Waals surface area contributed by atoms with Crippen LogP contribution in [-0.2, 0) is 0 Å². The summed E-state index contributed by atoms with van der Waals surface area (Å²) in [5.41, 5.74) is 0. The molecule has 1 aromatic rings. The van der Waals surface area contributed by atoms with Gasteiger partial charge in [-0.2, -0.15) is 4.98 Å². The second-order valence-corrected chi connectivity index (χ2v) is 6.06. The lowest BCUT2D eigenvalue weighted by Crippen LogP contribution is -2.38. The molecule has 2 unspecified atom stereocenters. The Kier molecular flexibility index (Phi) is 3.58. The average Bonchev–Trinajstić information content (AvgIpc) is 3.16. The molecule has 2 atom stereocenters. The maximum Gasteiger partial charge on any atom is 0.243 e. The van der Waals surface area contributed by atoms with E-state index in [1.807, 2.05) is 6.92 Å². The second kappa shape index (κ2) is 5.21. The van der Waals surface area contributed by atoms with Crippen LogP contribution in [0, 0.1) is 5.92 Å². The highest BCUT2D eigenvalue weighted by Crippen LogP contribution is 2.38. The summed E-state index contributed by atoms with van der Waals surface area (Å²) >= 11 is 0. The fourth-order valence-corrected chi connectivity index (χ4v) is 2.87. The molecule has 19 heavy (non-hydrogen) atoms. The maximum absolute atomic E-state index is 9.63. The lowest BCUT2D eigenvalue weighted by molar-refractivity contribution is 0.0524. The summed E-state index contributed by atoms with van der Waals surface area (Å²) in [6.45, 7) is 6.02. The van der Waals surface area contributed by atoms with Crippen LogP contribution in [0.5, 0.6) is 0 Å². The molecule has 0 bridgehead atoms. The van der Waals surface area contributed by atoms with E-state index in [1.165, 1.54) is 12.8 Å². The fraction of sp³-hybridized carbons (Fsp3) is 0.857. The van der Waals surface area contributed by atoms with Crippen LogP contribution in [0.3, 0.4) is 0 Å². The van der Waals surface area contributed by atoms with Gasteiger partial charge >= 0.3 is 0 Å². The maximum atomic E-state index is 9.63. The molecule has 2 fully saturated rings. The van der Waals surface area contributed by atoms with Crippen molar-refractivity contribution in [3.8, 4) is 0 Å². The number of hydrogen-bond acceptors (Lipinski definition) is 5. The van der Waals surface area contributed by atoms with Gasteiger partial charge < -0.3 is 9.63 Å². The van der Waals surface area contributed by atoms with E-state index >= 15 is 0 Å². The first-order chi connectivity index (χ1) is 9.15. The number of likely N-dealkylation sites (tertiary alicyclic amines) is 1. The summed E-state index contributed by atoms with van der Waals surface area (Å²) in [5, 5.41) is 13.7. The van der Waals surface area contributed by atoms with E-state index in [2.05, 4.69) is 22.0 Å². The van der Waals surface area contributed by atoms with Crippen molar-refractivity contribution in [1.29, 1.82) is 0 Å². The Morgan fingerprint density at radius 1 is 1.21 bits per heavy atom. The molecule has 2 heterocycles. The molecular weight excluding hydrogens is 242 g/mol. The molecule has 1 saturated carbocycles. The van der Waals surface area contributed by atoms with Gasteiger partial charge in [0.15, 0.2) is 5.82 Å². The van der Waals surface area contributed by atoms with Gasteiger partial charge in [-0.1, -0.05) is 5.16 Å². The first-order valence-electron chi connectivity index (χ1n) is 7.40. The number of aromatic nitrogens is 2. The molecule has 5 heteroatoms. The molecule has 1 saturated heterocycles. The summed E-state index contributed by atoms with van der Waals surface area (Å²) in [7, 11) is 0. The van der Waals surface area contributed by atoms with Crippen molar-refractivity contribution in [2.75, 3.05) is 13.1 Å². The summed E-state index contributed by atoms with van der Waals surface area (Å²) < 4.78 is 5.40. The third-order valence-corrected chi connectivity index (χ3v) is 4.56. The molecule has 5 nitrogen and oxygen atoms in total. The van der Waals surface area contributed by atoms with E-state index in [0.717, 1.165) is 37.6 Å². The molecule has 106 valence electrons. The van der Waals surface area contributed by atoms with Gasteiger partial charge in [0, 0.05) is 5.92 Å². The van der Waals surface area contributed by atoms with E-state index < -0.39 is 0 Å². The Bertz CT molecular complexity index is 420. The van der Waals surface area contributed by atoms with Crippen LogP contribution in [0.4, 0.5) is 0 Å². The molecule has 1 aromatic heterocycles. The molecule has 3 rings (SSSR count). The second-order valence-electron chi connectivity index (χ2n) is 6.06. The molecule has 0 aromatic carbocycles. The van der Waals surface area contributed by atoms with E-state index in [-0.39, 0.29) is 12.1 Å². The SMILES string of the molecule is CC(O)C1CCN(C(C)c2nc(C3CC3)no2)CC1. The standard InChI is InChI=1S/C14H23N3O2/c1-9(14-15-13(16-19-14)12-3-4-12)17-7-5-11(6-8-17)10(2)18/h9-12,18H,3-8H2,1-2H3. The lowest BCUT2D eigenvalue weighted by Gasteiger charge is -2.35. The Balaban J connectivity index is 1.59. The third-order valence-electron chi connectivity index (χ3n) is 4.56. The molecule has 1 aliphatic heterocycles. The third kappa shape index (κ3) is 2.82. The molecule has 0 amide bonds. The normalized spacial score (nSPS) is 25.4. The van der Waals surface area contributed by atoms with Crippen LogP contribution < -0.4 is 0 Å². The first-order valence-corrected chi connectivity index (χ1v) is 7.40. The van der Waals surface area contributed by atoms with Gasteiger partial charge in [0.25, 0.3) is 0 Å². The van der Waals surface area contributed by atoms with Crippen LogP contribution in [-0.4, -0.2) is 39.3 Å². The molecular formula is C14H23N3O2. The van der Waals surface area contributed by atoms with Crippen LogP contribution in [0.15, 0.2) is 4.52 Å². The lowest BCUT2D eigenvalue weighted by atomic mass is 9.91. The average molecular weight is 265 g/mol. The predicted octanol–water partition coefficient (Wildman–Crippen LogP) is 2.10. The van der Waals surface area contributed by atoms with Gasteiger partial charge in [0.05, 0.1) is 12.1 Å². The van der Waals surface area contributed by atoms with Gasteiger partial charge in [0.2, 0.25) is 5.89 Å². The largest absolute Gasteiger partial charge is 0.393 e. The van der Waals surface area contributed by atoms with Gasteiger partial charge in [-0.15, -0.1) is 0 Å². The quantitative estimate of drug-likeness (QED) is 0.903. The van der Waals surface area contributed by atoms with Gasteiger partial charge in [-0.3, -0.25) is 4.90 Å². The van der Waals surface area contributed by atoms with Crippen molar-refractivity contribution in [3.05, 3.63) is 11.7 Å². The van der Waals surface area contributed by atoms with Crippen molar-refractivity contribution < 1.29 is 9.63 Å². The summed E-state index contributed by atoms with van der Waals surface area (Å²) in [5.74, 6) is 2.62.